The molecule has 0 radical (unpaired) electrons. The van der Waals surface area contributed by atoms with Crippen LogP contribution in [0.3, 0.4) is 0 Å². The zero-order chi connectivity index (χ0) is 8.69. The standard InChI is InChI=1S/C8H13NO2/c1-7(10)5-4-6-8(9-2)11-3/h4,6H,5H2,1-3H3/b6-4-,9-8+. The first-order chi connectivity index (χ1) is 5.20. The molecule has 11 heavy (non-hydrogen) atoms. The molecule has 0 aliphatic rings. The third-order valence-electron chi connectivity index (χ3n) is 1.10. The lowest BCUT2D eigenvalue weighted by molar-refractivity contribution is -0.116. The van der Waals surface area contributed by atoms with E-state index in [4.69, 9.17) is 4.74 Å². The molecule has 0 rings (SSSR count). The van der Waals surface area contributed by atoms with Crippen molar-refractivity contribution in [1.82, 2.24) is 0 Å². The van der Waals surface area contributed by atoms with Crippen molar-refractivity contribution in [3.05, 3.63) is 12.2 Å². The Balaban J connectivity index is 3.81. The van der Waals surface area contributed by atoms with Crippen molar-refractivity contribution in [2.75, 3.05) is 14.2 Å². The minimum atomic E-state index is 0.132. The number of ether oxygens (including phenoxy) is 1. The molecule has 0 saturated heterocycles. The van der Waals surface area contributed by atoms with E-state index in [0.29, 0.717) is 12.3 Å². The molecule has 0 bridgehead atoms. The summed E-state index contributed by atoms with van der Waals surface area (Å²) in [6.45, 7) is 1.54. The van der Waals surface area contributed by atoms with Crippen molar-refractivity contribution in [2.45, 2.75) is 13.3 Å². The van der Waals surface area contributed by atoms with Gasteiger partial charge >= 0.3 is 0 Å². The molecule has 0 atom stereocenters. The molecule has 0 N–H and O–H groups in total. The third kappa shape index (κ3) is 5.33. The lowest BCUT2D eigenvalue weighted by atomic mass is 10.3. The van der Waals surface area contributed by atoms with Gasteiger partial charge in [0.15, 0.2) is 0 Å². The van der Waals surface area contributed by atoms with Gasteiger partial charge in [0, 0.05) is 13.5 Å². The summed E-state index contributed by atoms with van der Waals surface area (Å²) in [6, 6.07) is 0. The van der Waals surface area contributed by atoms with Gasteiger partial charge in [-0.05, 0) is 13.0 Å². The molecule has 0 aliphatic heterocycles. The summed E-state index contributed by atoms with van der Waals surface area (Å²) in [4.78, 5) is 14.3. The Morgan fingerprint density at radius 1 is 1.64 bits per heavy atom. The molecule has 0 aromatic heterocycles. The van der Waals surface area contributed by atoms with E-state index < -0.39 is 0 Å². The van der Waals surface area contributed by atoms with Crippen LogP contribution in [0, 0.1) is 0 Å². The van der Waals surface area contributed by atoms with Gasteiger partial charge in [-0.2, -0.15) is 0 Å². The lowest BCUT2D eigenvalue weighted by Crippen LogP contribution is -1.95. The fourth-order valence-electron chi connectivity index (χ4n) is 0.560. The normalized spacial score (nSPS) is 12.1. The number of aliphatic imine (C=N–C) groups is 1. The highest BCUT2D eigenvalue weighted by atomic mass is 16.5. The van der Waals surface area contributed by atoms with E-state index >= 15 is 0 Å². The Hall–Kier alpha value is -1.12. The van der Waals surface area contributed by atoms with Gasteiger partial charge in [0.1, 0.15) is 5.78 Å². The maximum Gasteiger partial charge on any atom is 0.207 e. The van der Waals surface area contributed by atoms with Crippen molar-refractivity contribution in [2.24, 2.45) is 4.99 Å². The quantitative estimate of drug-likeness (QED) is 0.453. The fourth-order valence-corrected chi connectivity index (χ4v) is 0.560. The molecule has 0 fully saturated rings. The summed E-state index contributed by atoms with van der Waals surface area (Å²) >= 11 is 0. The molecular weight excluding hydrogens is 142 g/mol. The average Bonchev–Trinajstić information content (AvgIpc) is 1.98. The molecule has 0 aliphatic carbocycles. The molecule has 3 nitrogen and oxygen atoms in total. The van der Waals surface area contributed by atoms with Crippen molar-refractivity contribution in [3.8, 4) is 0 Å². The Morgan fingerprint density at radius 2 is 2.27 bits per heavy atom. The second-order valence-corrected chi connectivity index (χ2v) is 2.07. The van der Waals surface area contributed by atoms with E-state index in [1.807, 2.05) is 0 Å². The highest BCUT2D eigenvalue weighted by molar-refractivity contribution is 5.88. The Bertz CT molecular complexity index is 183. The predicted molar refractivity (Wildman–Crippen MR) is 44.8 cm³/mol. The first kappa shape index (κ1) is 9.88. The Labute approximate surface area is 66.8 Å². The number of hydrogen-bond acceptors (Lipinski definition) is 3. The smallest absolute Gasteiger partial charge is 0.207 e. The number of carbonyl (C=O) groups is 1. The lowest BCUT2D eigenvalue weighted by Gasteiger charge is -1.94. The molecule has 62 valence electrons. The fraction of sp³-hybridized carbons (Fsp3) is 0.500. The topological polar surface area (TPSA) is 38.7 Å². The van der Waals surface area contributed by atoms with E-state index in [1.54, 1.807) is 33.2 Å². The van der Waals surface area contributed by atoms with Gasteiger partial charge in [-0.1, -0.05) is 6.08 Å². The second kappa shape index (κ2) is 5.65. The number of methoxy groups -OCH3 is 1. The van der Waals surface area contributed by atoms with E-state index in [9.17, 15) is 4.79 Å². The van der Waals surface area contributed by atoms with E-state index in [-0.39, 0.29) is 5.78 Å². The van der Waals surface area contributed by atoms with Crippen LogP contribution in [-0.2, 0) is 9.53 Å². The van der Waals surface area contributed by atoms with Crippen LogP contribution in [0.1, 0.15) is 13.3 Å². The number of allylic oxidation sites excluding steroid dienone is 1. The van der Waals surface area contributed by atoms with E-state index in [2.05, 4.69) is 4.99 Å². The molecule has 0 unspecified atom stereocenters. The van der Waals surface area contributed by atoms with Crippen molar-refractivity contribution >= 4 is 11.7 Å². The SMILES string of the molecule is C/N=C(\C=C/CC(C)=O)OC. The van der Waals surface area contributed by atoms with Gasteiger partial charge in [-0.3, -0.25) is 9.79 Å². The summed E-state index contributed by atoms with van der Waals surface area (Å²) in [5.41, 5.74) is 0. The van der Waals surface area contributed by atoms with Gasteiger partial charge in [0.05, 0.1) is 7.11 Å². The number of nitrogens with zero attached hydrogens (tertiary/aromatic N) is 1. The highest BCUT2D eigenvalue weighted by Crippen LogP contribution is 1.87. The molecular formula is C8H13NO2. The van der Waals surface area contributed by atoms with Crippen molar-refractivity contribution < 1.29 is 9.53 Å². The zero-order valence-corrected chi connectivity index (χ0v) is 7.13. The number of carbonyl (C=O) groups excluding carboxylic acids is 1. The van der Waals surface area contributed by atoms with Crippen molar-refractivity contribution in [3.63, 3.8) is 0 Å². The molecule has 0 spiro atoms. The summed E-state index contributed by atoms with van der Waals surface area (Å²) < 4.78 is 4.83. The van der Waals surface area contributed by atoms with Crippen LogP contribution in [-0.4, -0.2) is 25.8 Å². The zero-order valence-electron chi connectivity index (χ0n) is 7.13. The van der Waals surface area contributed by atoms with Crippen LogP contribution in [0.5, 0.6) is 0 Å². The van der Waals surface area contributed by atoms with E-state index in [1.165, 1.54) is 0 Å². The molecule has 0 saturated carbocycles. The summed E-state index contributed by atoms with van der Waals surface area (Å²) in [5.74, 6) is 0.666. The summed E-state index contributed by atoms with van der Waals surface area (Å²) in [7, 11) is 3.18. The number of hydrogen-bond donors (Lipinski definition) is 0. The number of ketones is 1. The highest BCUT2D eigenvalue weighted by Gasteiger charge is 1.89. The van der Waals surface area contributed by atoms with Crippen LogP contribution < -0.4 is 0 Å². The van der Waals surface area contributed by atoms with Crippen LogP contribution >= 0.6 is 0 Å². The van der Waals surface area contributed by atoms with Gasteiger partial charge < -0.3 is 4.74 Å². The van der Waals surface area contributed by atoms with Gasteiger partial charge in [-0.15, -0.1) is 0 Å². The molecule has 3 heteroatoms. The maximum atomic E-state index is 10.5. The first-order valence-corrected chi connectivity index (χ1v) is 3.37. The molecule has 0 aromatic rings. The maximum absolute atomic E-state index is 10.5. The molecule has 0 amide bonds. The summed E-state index contributed by atoms with van der Waals surface area (Å²) in [5, 5.41) is 0. The van der Waals surface area contributed by atoms with Crippen LogP contribution in [0.15, 0.2) is 17.1 Å². The summed E-state index contributed by atoms with van der Waals surface area (Å²) in [6.07, 6.45) is 3.85. The first-order valence-electron chi connectivity index (χ1n) is 3.37. The number of Topliss-reactive ketones (excluding diaryl/α,β-unsaturated/α-hetero) is 1. The van der Waals surface area contributed by atoms with Crippen LogP contribution in [0.2, 0.25) is 0 Å². The Morgan fingerprint density at radius 3 is 2.64 bits per heavy atom. The average molecular weight is 155 g/mol. The van der Waals surface area contributed by atoms with Crippen LogP contribution in [0.4, 0.5) is 0 Å². The third-order valence-corrected chi connectivity index (χ3v) is 1.10. The minimum absolute atomic E-state index is 0.132. The number of rotatable bonds is 3. The largest absolute Gasteiger partial charge is 0.481 e. The van der Waals surface area contributed by atoms with Gasteiger partial charge in [0.2, 0.25) is 5.90 Å². The predicted octanol–water partition coefficient (Wildman–Crippen LogP) is 1.20. The molecule has 0 heterocycles. The van der Waals surface area contributed by atoms with Gasteiger partial charge in [0.25, 0.3) is 0 Å². The monoisotopic (exact) mass is 155 g/mol. The molecule has 0 aromatic carbocycles. The minimum Gasteiger partial charge on any atom is -0.481 e. The van der Waals surface area contributed by atoms with Gasteiger partial charge in [-0.25, -0.2) is 0 Å². The Kier molecular flexibility index (Phi) is 5.07. The van der Waals surface area contributed by atoms with E-state index in [0.717, 1.165) is 0 Å². The second-order valence-electron chi connectivity index (χ2n) is 2.07. The van der Waals surface area contributed by atoms with Crippen molar-refractivity contribution in [1.29, 1.82) is 0 Å². The van der Waals surface area contributed by atoms with Crippen LogP contribution in [0.25, 0.3) is 0 Å².